The molecule has 2 heterocycles. The molecule has 1 N–H and O–H groups in total. The largest absolute Gasteiger partial charge is 0.479 e. The molecule has 2 rings (SSSR count). The van der Waals surface area contributed by atoms with Gasteiger partial charge in [-0.1, -0.05) is 0 Å². The van der Waals surface area contributed by atoms with Crippen LogP contribution in [0.2, 0.25) is 0 Å². The molecule has 0 saturated carbocycles. The van der Waals surface area contributed by atoms with Crippen LogP contribution in [0, 0.1) is 0 Å². The zero-order valence-electron chi connectivity index (χ0n) is 8.23. The van der Waals surface area contributed by atoms with E-state index in [1.54, 1.807) is 0 Å². The highest BCUT2D eigenvalue weighted by molar-refractivity contribution is 5.72. The minimum atomic E-state index is -0.934. The van der Waals surface area contributed by atoms with Crippen LogP contribution in [0.15, 0.2) is 0 Å². The van der Waals surface area contributed by atoms with Crippen molar-refractivity contribution in [3.63, 3.8) is 0 Å². The molecule has 0 aromatic carbocycles. The SMILES string of the molecule is CC1(C)OC2COC(C(=O)O)CC2O1. The Morgan fingerprint density at radius 3 is 2.64 bits per heavy atom. The van der Waals surface area contributed by atoms with E-state index in [2.05, 4.69) is 0 Å². The number of ether oxygens (including phenoxy) is 3. The summed E-state index contributed by atoms with van der Waals surface area (Å²) >= 11 is 0. The van der Waals surface area contributed by atoms with Crippen LogP contribution in [0.5, 0.6) is 0 Å². The van der Waals surface area contributed by atoms with Crippen molar-refractivity contribution < 1.29 is 24.1 Å². The fourth-order valence-corrected chi connectivity index (χ4v) is 1.91. The fraction of sp³-hybridized carbons (Fsp3) is 0.889. The highest BCUT2D eigenvalue weighted by Crippen LogP contribution is 2.33. The van der Waals surface area contributed by atoms with E-state index >= 15 is 0 Å². The van der Waals surface area contributed by atoms with Crippen LogP contribution in [-0.4, -0.2) is 41.8 Å². The molecule has 3 unspecified atom stereocenters. The molecule has 5 nitrogen and oxygen atoms in total. The van der Waals surface area contributed by atoms with Crippen LogP contribution in [0.4, 0.5) is 0 Å². The average Bonchev–Trinajstić information content (AvgIpc) is 2.36. The standard InChI is InChI=1S/C9H14O5/c1-9(2)13-5-3-6(8(10)11)12-4-7(5)14-9/h5-7H,3-4H2,1-2H3,(H,10,11). The number of hydrogen-bond donors (Lipinski definition) is 1. The van der Waals surface area contributed by atoms with Gasteiger partial charge >= 0.3 is 5.97 Å². The Morgan fingerprint density at radius 1 is 1.36 bits per heavy atom. The van der Waals surface area contributed by atoms with Crippen LogP contribution in [0.3, 0.4) is 0 Å². The second kappa shape index (κ2) is 3.18. The molecule has 80 valence electrons. The van der Waals surface area contributed by atoms with Crippen molar-refractivity contribution in [3.05, 3.63) is 0 Å². The molecule has 0 aromatic heterocycles. The molecule has 2 aliphatic heterocycles. The second-order valence-corrected chi connectivity index (χ2v) is 4.11. The van der Waals surface area contributed by atoms with Gasteiger partial charge in [-0.2, -0.15) is 0 Å². The van der Waals surface area contributed by atoms with Crippen LogP contribution in [-0.2, 0) is 19.0 Å². The van der Waals surface area contributed by atoms with Gasteiger partial charge in [-0.3, -0.25) is 0 Å². The molecule has 2 aliphatic rings. The van der Waals surface area contributed by atoms with Crippen LogP contribution in [0.25, 0.3) is 0 Å². The van der Waals surface area contributed by atoms with E-state index in [0.717, 1.165) is 0 Å². The lowest BCUT2D eigenvalue weighted by molar-refractivity contribution is -0.160. The van der Waals surface area contributed by atoms with Crippen molar-refractivity contribution in [1.82, 2.24) is 0 Å². The fourth-order valence-electron chi connectivity index (χ4n) is 1.91. The zero-order chi connectivity index (χ0) is 10.3. The predicted molar refractivity (Wildman–Crippen MR) is 45.8 cm³/mol. The number of rotatable bonds is 1. The monoisotopic (exact) mass is 202 g/mol. The van der Waals surface area contributed by atoms with Crippen molar-refractivity contribution >= 4 is 5.97 Å². The van der Waals surface area contributed by atoms with Gasteiger partial charge in [0.05, 0.1) is 12.7 Å². The van der Waals surface area contributed by atoms with Gasteiger partial charge in [-0.25, -0.2) is 4.79 Å². The number of fused-ring (bicyclic) bond motifs is 1. The van der Waals surface area contributed by atoms with E-state index in [1.165, 1.54) is 0 Å². The second-order valence-electron chi connectivity index (χ2n) is 4.11. The minimum absolute atomic E-state index is 0.124. The van der Waals surface area contributed by atoms with E-state index in [1.807, 2.05) is 13.8 Å². The maximum Gasteiger partial charge on any atom is 0.332 e. The topological polar surface area (TPSA) is 65.0 Å². The van der Waals surface area contributed by atoms with Gasteiger partial charge in [0, 0.05) is 6.42 Å². The third kappa shape index (κ3) is 1.75. The summed E-state index contributed by atoms with van der Waals surface area (Å²) in [6.45, 7) is 3.94. The van der Waals surface area contributed by atoms with Gasteiger partial charge in [0.25, 0.3) is 0 Å². The molecule has 2 saturated heterocycles. The van der Waals surface area contributed by atoms with Gasteiger partial charge in [0.1, 0.15) is 6.10 Å². The maximum absolute atomic E-state index is 10.7. The Kier molecular flexibility index (Phi) is 2.25. The first-order valence-electron chi connectivity index (χ1n) is 4.68. The van der Waals surface area contributed by atoms with Crippen molar-refractivity contribution in [2.24, 2.45) is 0 Å². The molecular formula is C9H14O5. The quantitative estimate of drug-likeness (QED) is 0.666. The van der Waals surface area contributed by atoms with Gasteiger partial charge < -0.3 is 19.3 Å². The van der Waals surface area contributed by atoms with Gasteiger partial charge in [0.15, 0.2) is 11.9 Å². The summed E-state index contributed by atoms with van der Waals surface area (Å²) in [5.74, 6) is -1.55. The third-order valence-corrected chi connectivity index (χ3v) is 2.47. The smallest absolute Gasteiger partial charge is 0.332 e. The maximum atomic E-state index is 10.7. The van der Waals surface area contributed by atoms with E-state index in [-0.39, 0.29) is 12.2 Å². The summed E-state index contributed by atoms with van der Waals surface area (Å²) in [4.78, 5) is 10.7. The summed E-state index contributed by atoms with van der Waals surface area (Å²) in [5.41, 5.74) is 0. The van der Waals surface area contributed by atoms with E-state index in [9.17, 15) is 4.79 Å². The third-order valence-electron chi connectivity index (χ3n) is 2.47. The van der Waals surface area contributed by atoms with Gasteiger partial charge in [0.2, 0.25) is 0 Å². The highest BCUT2D eigenvalue weighted by atomic mass is 16.8. The Balaban J connectivity index is 2.01. The molecule has 14 heavy (non-hydrogen) atoms. The van der Waals surface area contributed by atoms with E-state index in [4.69, 9.17) is 19.3 Å². The highest BCUT2D eigenvalue weighted by Gasteiger charge is 2.46. The van der Waals surface area contributed by atoms with Crippen molar-refractivity contribution in [2.45, 2.75) is 44.4 Å². The van der Waals surface area contributed by atoms with Crippen molar-refractivity contribution in [2.75, 3.05) is 6.61 Å². The number of hydrogen-bond acceptors (Lipinski definition) is 4. The predicted octanol–water partition coefficient (Wildman–Crippen LogP) is 0.380. The van der Waals surface area contributed by atoms with Gasteiger partial charge in [-0.15, -0.1) is 0 Å². The number of carbonyl (C=O) groups is 1. The first-order chi connectivity index (χ1) is 6.48. The summed E-state index contributed by atoms with van der Waals surface area (Å²) < 4.78 is 16.3. The number of carboxylic acid groups (broad SMARTS) is 1. The molecule has 5 heteroatoms. The summed E-state index contributed by atoms with van der Waals surface area (Å²) in [7, 11) is 0. The van der Waals surface area contributed by atoms with E-state index < -0.39 is 17.9 Å². The van der Waals surface area contributed by atoms with E-state index in [0.29, 0.717) is 13.0 Å². The molecule has 0 amide bonds. The summed E-state index contributed by atoms with van der Waals surface area (Å²) in [5, 5.41) is 8.77. The Bertz CT molecular complexity index is 250. The Hall–Kier alpha value is -0.650. The molecule has 0 bridgehead atoms. The molecule has 0 radical (unpaired) electrons. The first-order valence-corrected chi connectivity index (χ1v) is 4.68. The van der Waals surface area contributed by atoms with Crippen molar-refractivity contribution in [3.8, 4) is 0 Å². The Labute approximate surface area is 81.9 Å². The molecule has 0 aliphatic carbocycles. The van der Waals surface area contributed by atoms with Crippen molar-refractivity contribution in [1.29, 1.82) is 0 Å². The number of aliphatic carboxylic acids is 1. The Morgan fingerprint density at radius 2 is 2.00 bits per heavy atom. The summed E-state index contributed by atoms with van der Waals surface area (Å²) in [6, 6.07) is 0. The molecule has 0 spiro atoms. The van der Waals surface area contributed by atoms with Crippen LogP contribution >= 0.6 is 0 Å². The lowest BCUT2D eigenvalue weighted by atomic mass is 10.0. The normalized spacial score (nSPS) is 40.6. The average molecular weight is 202 g/mol. The molecular weight excluding hydrogens is 188 g/mol. The molecule has 2 fully saturated rings. The number of carboxylic acids is 1. The molecule has 3 atom stereocenters. The van der Waals surface area contributed by atoms with Crippen LogP contribution < -0.4 is 0 Å². The van der Waals surface area contributed by atoms with Gasteiger partial charge in [-0.05, 0) is 13.8 Å². The lowest BCUT2D eigenvalue weighted by Gasteiger charge is -2.27. The van der Waals surface area contributed by atoms with Crippen LogP contribution in [0.1, 0.15) is 20.3 Å². The molecule has 0 aromatic rings. The summed E-state index contributed by atoms with van der Waals surface area (Å²) in [6.07, 6.45) is -0.669. The zero-order valence-corrected chi connectivity index (χ0v) is 8.23. The minimum Gasteiger partial charge on any atom is -0.479 e. The first kappa shape index (κ1) is 9.89. The lowest BCUT2D eigenvalue weighted by Crippen LogP contribution is -2.42.